The second-order valence-corrected chi connectivity index (χ2v) is 22.5. The maximum Gasteiger partial charge on any atom is 0.474 e. The van der Waals surface area contributed by atoms with Crippen molar-refractivity contribution in [3.8, 4) is 0 Å². The third-order valence-electron chi connectivity index (χ3n) is 13.5. The van der Waals surface area contributed by atoms with Gasteiger partial charge in [0.15, 0.2) is 0 Å². The maximum atomic E-state index is 13.8. The predicted molar refractivity (Wildman–Crippen MR) is 304 cm³/mol. The molecule has 0 saturated heterocycles. The molecule has 72 heavy (non-hydrogen) atoms. The number of halogens is 1. The van der Waals surface area contributed by atoms with Gasteiger partial charge in [0, 0.05) is 31.5 Å². The number of hydrogen-bond donors (Lipinski definition) is 0. The van der Waals surface area contributed by atoms with Gasteiger partial charge in [-0.1, -0.05) is 283 Å². The predicted octanol–water partition coefficient (Wildman–Crippen LogP) is 19.1. The normalized spacial score (nSPS) is 11.5. The third-order valence-corrected chi connectivity index (χ3v) is 15.3. The summed E-state index contributed by atoms with van der Waals surface area (Å²) >= 11 is 3.36. The van der Waals surface area contributed by atoms with E-state index in [4.69, 9.17) is 23.0 Å². The van der Waals surface area contributed by atoms with Crippen molar-refractivity contribution in [3.05, 3.63) is 71.8 Å². The van der Waals surface area contributed by atoms with E-state index in [2.05, 4.69) is 29.8 Å². The Bertz CT molecular complexity index is 1450. The fourth-order valence-corrected chi connectivity index (χ4v) is 10.7. The first-order valence-corrected chi connectivity index (χ1v) is 32.0. The molecule has 12 heteroatoms. The van der Waals surface area contributed by atoms with Crippen LogP contribution in [0.2, 0.25) is 0 Å². The molecular formula is C60H104BrN2O8P. The fourth-order valence-electron chi connectivity index (χ4n) is 9.03. The van der Waals surface area contributed by atoms with Crippen LogP contribution in [-0.2, 0) is 40.8 Å². The van der Waals surface area contributed by atoms with Crippen LogP contribution in [0.25, 0.3) is 0 Å². The summed E-state index contributed by atoms with van der Waals surface area (Å²) in [5.41, 5.74) is 1.87. The Morgan fingerprint density at radius 3 is 0.944 bits per heavy atom. The Morgan fingerprint density at radius 1 is 0.389 bits per heavy atom. The molecule has 0 bridgehead atoms. The van der Waals surface area contributed by atoms with Crippen molar-refractivity contribution in [2.45, 2.75) is 245 Å². The standard InChI is InChI=1S/C60H104BrN2O8P/c1-3-5-7-9-11-13-15-17-19-21-23-25-27-29-31-39-48-62(59(64)67-55-57-43-35-33-36-44-57)50-41-52-69-72(66,71-54-47-61)70-53-42-51-63(60(65)68-56-58-45-37-34-38-46-58)49-40-32-30-28-26-24-22-20-18-16-14-12-10-8-6-4-2/h33-38,43-46H,3-32,39-42,47-56H2,1-2H3. The molecule has 0 saturated carbocycles. The lowest BCUT2D eigenvalue weighted by Gasteiger charge is -2.24. The zero-order valence-electron chi connectivity index (χ0n) is 45.9. The minimum absolute atomic E-state index is 0.0815. The minimum atomic E-state index is -3.92. The second-order valence-electron chi connectivity index (χ2n) is 20.0. The van der Waals surface area contributed by atoms with E-state index >= 15 is 0 Å². The number of nitrogens with zero attached hydrogens (tertiary/aromatic N) is 2. The Hall–Kier alpha value is -2.43. The van der Waals surface area contributed by atoms with Crippen LogP contribution in [0, 0.1) is 0 Å². The zero-order chi connectivity index (χ0) is 51.7. The van der Waals surface area contributed by atoms with E-state index in [0.29, 0.717) is 44.4 Å². The monoisotopic (exact) mass is 1090 g/mol. The third kappa shape index (κ3) is 38.2. The quantitative estimate of drug-likeness (QED) is 0.0367. The van der Waals surface area contributed by atoms with Crippen LogP contribution in [0.3, 0.4) is 0 Å². The summed E-state index contributed by atoms with van der Waals surface area (Å²) in [4.78, 5) is 30.2. The molecule has 0 unspecified atom stereocenters. The van der Waals surface area contributed by atoms with Crippen LogP contribution < -0.4 is 0 Å². The van der Waals surface area contributed by atoms with E-state index in [0.717, 1.165) is 49.7 Å². The topological polar surface area (TPSA) is 104 Å². The fraction of sp³-hybridized carbons (Fsp3) is 0.767. The largest absolute Gasteiger partial charge is 0.474 e. The molecule has 2 amide bonds. The highest BCUT2D eigenvalue weighted by Crippen LogP contribution is 2.49. The lowest BCUT2D eigenvalue weighted by molar-refractivity contribution is 0.0855. The van der Waals surface area contributed by atoms with E-state index in [1.54, 1.807) is 9.80 Å². The van der Waals surface area contributed by atoms with Gasteiger partial charge in [-0.05, 0) is 36.8 Å². The summed E-state index contributed by atoms with van der Waals surface area (Å²) in [6.45, 7) is 7.23. The molecule has 2 aromatic rings. The lowest BCUT2D eigenvalue weighted by atomic mass is 10.0. The lowest BCUT2D eigenvalue weighted by Crippen LogP contribution is -2.34. The van der Waals surface area contributed by atoms with Crippen molar-refractivity contribution in [1.82, 2.24) is 9.80 Å². The van der Waals surface area contributed by atoms with Gasteiger partial charge in [-0.25, -0.2) is 14.2 Å². The van der Waals surface area contributed by atoms with E-state index in [1.165, 1.54) is 167 Å². The van der Waals surface area contributed by atoms with Crippen LogP contribution in [0.4, 0.5) is 9.59 Å². The highest BCUT2D eigenvalue weighted by Gasteiger charge is 2.27. The van der Waals surface area contributed by atoms with E-state index in [-0.39, 0.29) is 45.2 Å². The maximum absolute atomic E-state index is 13.8. The highest BCUT2D eigenvalue weighted by atomic mass is 79.9. The number of benzene rings is 2. The van der Waals surface area contributed by atoms with Crippen LogP contribution in [0.1, 0.15) is 243 Å². The summed E-state index contributed by atoms with van der Waals surface area (Å²) in [6.07, 6.45) is 41.5. The van der Waals surface area contributed by atoms with Gasteiger partial charge in [0.1, 0.15) is 13.2 Å². The van der Waals surface area contributed by atoms with Gasteiger partial charge in [-0.15, -0.1) is 0 Å². The molecule has 0 radical (unpaired) electrons. The second kappa shape index (κ2) is 48.2. The van der Waals surface area contributed by atoms with Crippen molar-refractivity contribution >= 4 is 35.9 Å². The molecule has 0 aliphatic rings. The molecule has 0 fully saturated rings. The SMILES string of the molecule is CCCCCCCCCCCCCCCCCCN(CCCOP(=O)(OCCBr)OCCCN(CCCCCCCCCCCCCCCCCC)C(=O)OCc1ccccc1)C(=O)OCc1ccccc1. The summed E-state index contributed by atoms with van der Waals surface area (Å²) < 4.78 is 42.6. The molecule has 0 aromatic heterocycles. The van der Waals surface area contributed by atoms with Crippen LogP contribution in [-0.4, -0.2) is 73.3 Å². The van der Waals surface area contributed by atoms with E-state index < -0.39 is 7.82 Å². The summed E-state index contributed by atoms with van der Waals surface area (Å²) in [5.74, 6) is 0. The number of carbonyl (C=O) groups is 2. The number of phosphoric acid groups is 1. The smallest absolute Gasteiger partial charge is 0.445 e. The number of unbranched alkanes of at least 4 members (excludes halogenated alkanes) is 30. The molecule has 0 aliphatic heterocycles. The Morgan fingerprint density at radius 2 is 0.653 bits per heavy atom. The number of phosphoric ester groups is 1. The zero-order valence-corrected chi connectivity index (χ0v) is 48.4. The molecule has 0 N–H and O–H groups in total. The first-order chi connectivity index (χ1) is 35.4. The van der Waals surface area contributed by atoms with Gasteiger partial charge in [0.2, 0.25) is 0 Å². The molecule has 0 atom stereocenters. The number of ether oxygens (including phenoxy) is 2. The van der Waals surface area contributed by atoms with Crippen LogP contribution in [0.15, 0.2) is 60.7 Å². The molecule has 0 aliphatic carbocycles. The van der Waals surface area contributed by atoms with Crippen LogP contribution in [0.5, 0.6) is 0 Å². The number of amides is 2. The minimum Gasteiger partial charge on any atom is -0.445 e. The number of carbonyl (C=O) groups excluding carboxylic acids is 2. The van der Waals surface area contributed by atoms with Gasteiger partial charge in [-0.2, -0.15) is 0 Å². The molecular weight excluding hydrogens is 988 g/mol. The van der Waals surface area contributed by atoms with Crippen molar-refractivity contribution in [2.75, 3.05) is 51.3 Å². The van der Waals surface area contributed by atoms with Crippen molar-refractivity contribution in [3.63, 3.8) is 0 Å². The molecule has 0 heterocycles. The molecule has 10 nitrogen and oxygen atoms in total. The summed E-state index contributed by atoms with van der Waals surface area (Å²) in [5, 5.41) is 0.463. The van der Waals surface area contributed by atoms with Crippen LogP contribution >= 0.6 is 23.8 Å². The van der Waals surface area contributed by atoms with Gasteiger partial charge >= 0.3 is 20.0 Å². The van der Waals surface area contributed by atoms with Gasteiger partial charge < -0.3 is 19.3 Å². The number of rotatable bonds is 51. The summed E-state index contributed by atoms with van der Waals surface area (Å²) in [6, 6.07) is 19.4. The number of hydrogen-bond acceptors (Lipinski definition) is 8. The molecule has 2 aromatic carbocycles. The molecule has 414 valence electrons. The summed E-state index contributed by atoms with van der Waals surface area (Å²) in [7, 11) is -3.92. The van der Waals surface area contributed by atoms with Crippen molar-refractivity contribution in [2.24, 2.45) is 0 Å². The highest BCUT2D eigenvalue weighted by molar-refractivity contribution is 9.09. The first-order valence-electron chi connectivity index (χ1n) is 29.4. The van der Waals surface area contributed by atoms with Gasteiger partial charge in [-0.3, -0.25) is 13.6 Å². The van der Waals surface area contributed by atoms with Gasteiger partial charge in [0.05, 0.1) is 19.8 Å². The molecule has 0 spiro atoms. The Labute approximate surface area is 449 Å². The average molecular weight is 1090 g/mol. The van der Waals surface area contributed by atoms with Crippen molar-refractivity contribution in [1.29, 1.82) is 0 Å². The van der Waals surface area contributed by atoms with Crippen molar-refractivity contribution < 1.29 is 37.2 Å². The number of alkyl halides is 1. The average Bonchev–Trinajstić information content (AvgIpc) is 3.40. The van der Waals surface area contributed by atoms with Gasteiger partial charge in [0.25, 0.3) is 0 Å². The Balaban J connectivity index is 1.77. The molecule has 2 rings (SSSR count). The first kappa shape index (κ1) is 65.7. The van der Waals surface area contributed by atoms with E-state index in [9.17, 15) is 14.2 Å². The van der Waals surface area contributed by atoms with E-state index in [1.807, 2.05) is 60.7 Å². The Kier molecular flexibility index (Phi) is 44.0.